The quantitative estimate of drug-likeness (QED) is 0.903. The lowest BCUT2D eigenvalue weighted by atomic mass is 9.99. The molecule has 3 atom stereocenters. The van der Waals surface area contributed by atoms with Crippen molar-refractivity contribution < 1.29 is 19.5 Å². The molecule has 0 aromatic heterocycles. The van der Waals surface area contributed by atoms with Gasteiger partial charge in [0.15, 0.2) is 0 Å². The fraction of sp³-hybridized carbons (Fsp3) is 0.526. The van der Waals surface area contributed by atoms with Crippen LogP contribution in [0.4, 0.5) is 5.69 Å². The number of anilines is 1. The number of carbonyl (C=O) groups is 3. The minimum atomic E-state index is -0.858. The average Bonchev–Trinajstić information content (AvgIpc) is 3.17. The second-order valence-corrected chi connectivity index (χ2v) is 7.09. The van der Waals surface area contributed by atoms with Gasteiger partial charge in [0.2, 0.25) is 11.8 Å². The highest BCUT2D eigenvalue weighted by Gasteiger charge is 2.42. The minimum Gasteiger partial charge on any atom is -0.481 e. The van der Waals surface area contributed by atoms with E-state index in [9.17, 15) is 19.5 Å². The number of aliphatic carboxylic acids is 1. The summed E-state index contributed by atoms with van der Waals surface area (Å²) in [7, 11) is 0. The fourth-order valence-corrected chi connectivity index (χ4v) is 3.76. The van der Waals surface area contributed by atoms with Crippen LogP contribution >= 0.6 is 0 Å². The van der Waals surface area contributed by atoms with Crippen molar-refractivity contribution in [1.29, 1.82) is 0 Å². The number of aryl methyl sites for hydroxylation is 1. The van der Waals surface area contributed by atoms with Gasteiger partial charge in [-0.15, -0.1) is 0 Å². The van der Waals surface area contributed by atoms with E-state index in [0.29, 0.717) is 13.1 Å². The monoisotopic (exact) mass is 344 g/mol. The summed E-state index contributed by atoms with van der Waals surface area (Å²) in [5.74, 6) is -1.97. The summed E-state index contributed by atoms with van der Waals surface area (Å²) < 4.78 is 0. The van der Waals surface area contributed by atoms with Crippen LogP contribution in [0.15, 0.2) is 24.3 Å². The predicted octanol–water partition coefficient (Wildman–Crippen LogP) is 1.78. The first-order valence-electron chi connectivity index (χ1n) is 8.81. The maximum Gasteiger partial charge on any atom is 0.308 e. The van der Waals surface area contributed by atoms with Crippen molar-refractivity contribution in [1.82, 2.24) is 4.90 Å². The molecule has 0 saturated carbocycles. The van der Waals surface area contributed by atoms with E-state index in [1.54, 1.807) is 9.80 Å². The van der Waals surface area contributed by atoms with Crippen molar-refractivity contribution >= 4 is 23.5 Å². The van der Waals surface area contributed by atoms with Gasteiger partial charge in [0.25, 0.3) is 0 Å². The van der Waals surface area contributed by atoms with Crippen molar-refractivity contribution in [2.45, 2.75) is 26.7 Å². The Balaban J connectivity index is 1.67. The lowest BCUT2D eigenvalue weighted by molar-refractivity contribution is -0.142. The van der Waals surface area contributed by atoms with E-state index in [2.05, 4.69) is 6.92 Å². The smallest absolute Gasteiger partial charge is 0.308 e. The van der Waals surface area contributed by atoms with E-state index in [1.807, 2.05) is 31.2 Å². The fourth-order valence-electron chi connectivity index (χ4n) is 3.76. The number of hydrogen-bond donors (Lipinski definition) is 1. The number of carbonyl (C=O) groups excluding carboxylic acids is 2. The first-order chi connectivity index (χ1) is 11.9. The van der Waals surface area contributed by atoms with Crippen LogP contribution in [0.2, 0.25) is 0 Å². The van der Waals surface area contributed by atoms with Crippen molar-refractivity contribution in [3.63, 3.8) is 0 Å². The molecule has 0 radical (unpaired) electrons. The van der Waals surface area contributed by atoms with Crippen molar-refractivity contribution in [2.75, 3.05) is 24.5 Å². The molecule has 2 aliphatic heterocycles. The largest absolute Gasteiger partial charge is 0.481 e. The zero-order valence-electron chi connectivity index (χ0n) is 14.6. The van der Waals surface area contributed by atoms with E-state index >= 15 is 0 Å². The molecule has 0 bridgehead atoms. The molecule has 1 N–H and O–H groups in total. The zero-order chi connectivity index (χ0) is 18.1. The molecule has 1 aromatic rings. The molecule has 134 valence electrons. The lowest BCUT2D eigenvalue weighted by Crippen LogP contribution is -2.36. The second kappa shape index (κ2) is 6.86. The Bertz CT molecular complexity index is 685. The van der Waals surface area contributed by atoms with E-state index in [0.717, 1.165) is 12.1 Å². The van der Waals surface area contributed by atoms with Gasteiger partial charge in [-0.3, -0.25) is 14.4 Å². The average molecular weight is 344 g/mol. The molecule has 0 spiro atoms. The molecule has 2 aliphatic rings. The molecule has 1 unspecified atom stereocenters. The summed E-state index contributed by atoms with van der Waals surface area (Å²) in [6.45, 7) is 4.99. The highest BCUT2D eigenvalue weighted by Crippen LogP contribution is 2.30. The second-order valence-electron chi connectivity index (χ2n) is 7.09. The maximum absolute atomic E-state index is 12.7. The van der Waals surface area contributed by atoms with Crippen LogP contribution in [0, 0.1) is 17.8 Å². The molecular formula is C19H24N2O4. The number of rotatable bonds is 4. The third-order valence-corrected chi connectivity index (χ3v) is 5.37. The van der Waals surface area contributed by atoms with Crippen LogP contribution in [-0.2, 0) is 20.8 Å². The number of likely N-dealkylation sites (tertiary alicyclic amines) is 1. The Morgan fingerprint density at radius 3 is 2.40 bits per heavy atom. The van der Waals surface area contributed by atoms with Crippen LogP contribution in [0.5, 0.6) is 0 Å². The van der Waals surface area contributed by atoms with Crippen LogP contribution in [-0.4, -0.2) is 47.4 Å². The lowest BCUT2D eigenvalue weighted by Gasteiger charge is -2.21. The van der Waals surface area contributed by atoms with Crippen LogP contribution in [0.3, 0.4) is 0 Å². The molecule has 25 heavy (non-hydrogen) atoms. The predicted molar refractivity (Wildman–Crippen MR) is 93.1 cm³/mol. The number of amides is 2. The number of carboxylic acid groups (broad SMARTS) is 1. The SMILES string of the molecule is CCc1ccc(N2CC(C(=O)N3C[C@@H](C)[C@H](C(=O)O)C3)CC2=O)cc1. The third-order valence-electron chi connectivity index (χ3n) is 5.37. The normalized spacial score (nSPS) is 26.3. The molecular weight excluding hydrogens is 320 g/mol. The minimum absolute atomic E-state index is 0.0513. The molecule has 6 nitrogen and oxygen atoms in total. The molecule has 3 rings (SSSR count). The summed E-state index contributed by atoms with van der Waals surface area (Å²) in [6.07, 6.45) is 1.13. The van der Waals surface area contributed by atoms with E-state index in [1.165, 1.54) is 5.56 Å². The molecule has 2 heterocycles. The summed E-state index contributed by atoms with van der Waals surface area (Å²) in [6, 6.07) is 7.83. The highest BCUT2D eigenvalue weighted by molar-refractivity contribution is 6.00. The molecule has 2 amide bonds. The molecule has 0 aliphatic carbocycles. The van der Waals surface area contributed by atoms with Gasteiger partial charge in [-0.1, -0.05) is 26.0 Å². The zero-order valence-corrected chi connectivity index (χ0v) is 14.6. The summed E-state index contributed by atoms with van der Waals surface area (Å²) in [5, 5.41) is 9.22. The highest BCUT2D eigenvalue weighted by atomic mass is 16.4. The molecule has 2 saturated heterocycles. The number of benzene rings is 1. The van der Waals surface area contributed by atoms with E-state index in [4.69, 9.17) is 0 Å². The topological polar surface area (TPSA) is 77.9 Å². The molecule has 2 fully saturated rings. The van der Waals surface area contributed by atoms with Crippen LogP contribution in [0.1, 0.15) is 25.8 Å². The Hall–Kier alpha value is -2.37. The van der Waals surface area contributed by atoms with Crippen LogP contribution in [0.25, 0.3) is 0 Å². The van der Waals surface area contributed by atoms with Gasteiger partial charge in [-0.25, -0.2) is 0 Å². The Morgan fingerprint density at radius 2 is 1.84 bits per heavy atom. The van der Waals surface area contributed by atoms with E-state index < -0.39 is 17.8 Å². The Labute approximate surface area is 147 Å². The van der Waals surface area contributed by atoms with Gasteiger partial charge < -0.3 is 14.9 Å². The summed E-state index contributed by atoms with van der Waals surface area (Å²) in [5.41, 5.74) is 2.02. The molecule has 1 aromatic carbocycles. The van der Waals surface area contributed by atoms with Crippen molar-refractivity contribution in [3.05, 3.63) is 29.8 Å². The first-order valence-corrected chi connectivity index (χ1v) is 8.81. The number of nitrogens with zero attached hydrogens (tertiary/aromatic N) is 2. The maximum atomic E-state index is 12.7. The van der Waals surface area contributed by atoms with Gasteiger partial charge in [-0.2, -0.15) is 0 Å². The van der Waals surface area contributed by atoms with Crippen LogP contribution < -0.4 is 4.90 Å². The summed E-state index contributed by atoms with van der Waals surface area (Å²) >= 11 is 0. The summed E-state index contributed by atoms with van der Waals surface area (Å²) in [4.78, 5) is 39.6. The van der Waals surface area contributed by atoms with Gasteiger partial charge in [0, 0.05) is 31.7 Å². The Morgan fingerprint density at radius 1 is 1.16 bits per heavy atom. The van der Waals surface area contributed by atoms with Gasteiger partial charge >= 0.3 is 5.97 Å². The van der Waals surface area contributed by atoms with Gasteiger partial charge in [0.1, 0.15) is 0 Å². The number of carboxylic acids is 1. The van der Waals surface area contributed by atoms with Gasteiger partial charge in [-0.05, 0) is 30.0 Å². The standard InChI is InChI=1S/C19H24N2O4/c1-3-13-4-6-15(7-5-13)21-10-14(8-17(21)22)18(23)20-9-12(2)16(11-20)19(24)25/h4-7,12,14,16H,3,8-11H2,1-2H3,(H,24,25)/t12-,14?,16-/m1/s1. The van der Waals surface area contributed by atoms with Crippen molar-refractivity contribution in [3.8, 4) is 0 Å². The molecule has 6 heteroatoms. The van der Waals surface area contributed by atoms with Crippen molar-refractivity contribution in [2.24, 2.45) is 17.8 Å². The first kappa shape index (κ1) is 17.5. The van der Waals surface area contributed by atoms with Gasteiger partial charge in [0.05, 0.1) is 11.8 Å². The Kier molecular flexibility index (Phi) is 4.79. The third kappa shape index (κ3) is 3.38. The number of hydrogen-bond acceptors (Lipinski definition) is 3. The van der Waals surface area contributed by atoms with E-state index in [-0.39, 0.29) is 30.7 Å².